The van der Waals surface area contributed by atoms with Crippen LogP contribution in [0, 0.1) is 5.82 Å². The van der Waals surface area contributed by atoms with Gasteiger partial charge in [0.2, 0.25) is 5.91 Å². The van der Waals surface area contributed by atoms with E-state index in [0.717, 1.165) is 0 Å². The molecule has 34 heavy (non-hydrogen) atoms. The summed E-state index contributed by atoms with van der Waals surface area (Å²) in [6.07, 6.45) is 1.53. The summed E-state index contributed by atoms with van der Waals surface area (Å²) in [5.41, 5.74) is 4.43. The Morgan fingerprint density at radius 3 is 2.47 bits per heavy atom. The zero-order chi connectivity index (χ0) is 24.3. The summed E-state index contributed by atoms with van der Waals surface area (Å²) >= 11 is 3.44. The van der Waals surface area contributed by atoms with Crippen molar-refractivity contribution < 1.29 is 23.5 Å². The molecule has 0 heterocycles. The molecular weight excluding hydrogens is 505 g/mol. The van der Waals surface area contributed by atoms with E-state index in [1.165, 1.54) is 18.3 Å². The van der Waals surface area contributed by atoms with Gasteiger partial charge >= 0.3 is 0 Å². The van der Waals surface area contributed by atoms with E-state index in [1.54, 1.807) is 36.4 Å². The molecule has 0 atom stereocenters. The van der Waals surface area contributed by atoms with Crippen LogP contribution >= 0.6 is 15.9 Å². The van der Waals surface area contributed by atoms with Crippen LogP contribution in [0.1, 0.15) is 18.1 Å². The molecule has 0 radical (unpaired) electrons. The van der Waals surface area contributed by atoms with E-state index in [-0.39, 0.29) is 30.7 Å². The second kappa shape index (κ2) is 12.5. The minimum absolute atomic E-state index is 0.0728. The smallest absolute Gasteiger partial charge is 0.262 e. The molecule has 0 aliphatic carbocycles. The molecule has 2 amide bonds. The topological polar surface area (TPSA) is 89.0 Å². The first-order valence-corrected chi connectivity index (χ1v) is 11.2. The van der Waals surface area contributed by atoms with Gasteiger partial charge in [-0.3, -0.25) is 9.59 Å². The molecular formula is C25H23BrFN3O4. The van der Waals surface area contributed by atoms with E-state index in [2.05, 4.69) is 31.8 Å². The number of carbonyl (C=O) groups is 2. The molecule has 3 aromatic rings. The maximum Gasteiger partial charge on any atom is 0.262 e. The van der Waals surface area contributed by atoms with Crippen molar-refractivity contribution in [2.45, 2.75) is 13.3 Å². The first kappa shape index (κ1) is 24.9. The number of para-hydroxylation sites is 1. The summed E-state index contributed by atoms with van der Waals surface area (Å²) in [7, 11) is 0. The third kappa shape index (κ3) is 7.70. The Bertz CT molecular complexity index is 1150. The maximum absolute atomic E-state index is 13.0. The highest BCUT2D eigenvalue weighted by Gasteiger charge is 2.14. The van der Waals surface area contributed by atoms with Crippen molar-refractivity contribution in [3.63, 3.8) is 0 Å². The number of nitrogens with zero attached hydrogens (tertiary/aromatic N) is 1. The third-order valence-electron chi connectivity index (χ3n) is 4.42. The number of carbonyl (C=O) groups excluding carboxylic acids is 2. The Hall–Kier alpha value is -3.72. The Morgan fingerprint density at radius 1 is 1.03 bits per heavy atom. The van der Waals surface area contributed by atoms with Crippen molar-refractivity contribution in [2.75, 3.05) is 18.5 Å². The lowest BCUT2D eigenvalue weighted by atomic mass is 10.1. The van der Waals surface area contributed by atoms with Gasteiger partial charge in [-0.25, -0.2) is 9.82 Å². The highest BCUT2D eigenvalue weighted by molar-refractivity contribution is 9.10. The molecule has 0 bridgehead atoms. The average Bonchev–Trinajstić information content (AvgIpc) is 2.81. The molecule has 0 aliphatic rings. The molecule has 3 aromatic carbocycles. The molecule has 2 N–H and O–H groups in total. The summed E-state index contributed by atoms with van der Waals surface area (Å²) in [6, 6.07) is 18.2. The molecule has 176 valence electrons. The number of halogens is 2. The van der Waals surface area contributed by atoms with Gasteiger partial charge in [0.05, 0.1) is 23.7 Å². The number of rotatable bonds is 10. The number of anilines is 1. The van der Waals surface area contributed by atoms with Gasteiger partial charge in [-0.2, -0.15) is 5.10 Å². The molecule has 0 fully saturated rings. The molecule has 0 unspecified atom stereocenters. The van der Waals surface area contributed by atoms with Crippen LogP contribution in [0.2, 0.25) is 0 Å². The van der Waals surface area contributed by atoms with Crippen LogP contribution < -0.4 is 20.2 Å². The van der Waals surface area contributed by atoms with E-state index in [0.29, 0.717) is 39.4 Å². The second-order valence-electron chi connectivity index (χ2n) is 7.06. The Morgan fingerprint density at radius 2 is 1.76 bits per heavy atom. The molecule has 9 heteroatoms. The van der Waals surface area contributed by atoms with Crippen molar-refractivity contribution in [1.82, 2.24) is 5.43 Å². The fourth-order valence-corrected chi connectivity index (χ4v) is 3.50. The van der Waals surface area contributed by atoms with Crippen LogP contribution in [-0.2, 0) is 16.0 Å². The molecule has 0 saturated carbocycles. The van der Waals surface area contributed by atoms with Gasteiger partial charge in [0, 0.05) is 5.69 Å². The van der Waals surface area contributed by atoms with E-state index in [9.17, 15) is 14.0 Å². The molecule has 0 spiro atoms. The molecule has 3 rings (SSSR count). The van der Waals surface area contributed by atoms with Gasteiger partial charge in [0.15, 0.2) is 18.1 Å². The number of hydrogen-bond acceptors (Lipinski definition) is 5. The Kier molecular flexibility index (Phi) is 9.16. The zero-order valence-electron chi connectivity index (χ0n) is 18.4. The summed E-state index contributed by atoms with van der Waals surface area (Å²) in [5, 5.41) is 6.72. The fourth-order valence-electron chi connectivity index (χ4n) is 2.93. The number of hydrazone groups is 1. The highest BCUT2D eigenvalue weighted by Crippen LogP contribution is 2.36. The van der Waals surface area contributed by atoms with Crippen molar-refractivity contribution in [3.8, 4) is 11.5 Å². The Labute approximate surface area is 205 Å². The summed E-state index contributed by atoms with van der Waals surface area (Å²) in [5.74, 6) is -0.209. The average molecular weight is 528 g/mol. The number of nitrogens with one attached hydrogen (secondary N) is 2. The van der Waals surface area contributed by atoms with Crippen molar-refractivity contribution in [3.05, 3.63) is 88.1 Å². The molecule has 0 aromatic heterocycles. The number of benzene rings is 3. The van der Waals surface area contributed by atoms with E-state index in [1.807, 2.05) is 25.1 Å². The zero-order valence-corrected chi connectivity index (χ0v) is 20.0. The first-order chi connectivity index (χ1) is 16.4. The van der Waals surface area contributed by atoms with Gasteiger partial charge in [-0.15, -0.1) is 0 Å². The maximum atomic E-state index is 13.0. The number of ether oxygens (including phenoxy) is 2. The van der Waals surface area contributed by atoms with E-state index < -0.39 is 0 Å². The quantitative estimate of drug-likeness (QED) is 0.295. The Balaban J connectivity index is 1.61. The lowest BCUT2D eigenvalue weighted by Gasteiger charge is -2.14. The monoisotopic (exact) mass is 527 g/mol. The van der Waals surface area contributed by atoms with Gasteiger partial charge in [0.25, 0.3) is 5.91 Å². The lowest BCUT2D eigenvalue weighted by Crippen LogP contribution is -2.20. The fraction of sp³-hybridized carbons (Fsp3) is 0.160. The van der Waals surface area contributed by atoms with E-state index >= 15 is 0 Å². The van der Waals surface area contributed by atoms with Crippen LogP contribution in [0.4, 0.5) is 10.1 Å². The molecule has 0 aliphatic heterocycles. The largest absolute Gasteiger partial charge is 0.490 e. The number of amides is 2. The van der Waals surface area contributed by atoms with Crippen LogP contribution in [0.3, 0.4) is 0 Å². The van der Waals surface area contributed by atoms with Crippen LogP contribution in [0.25, 0.3) is 0 Å². The van der Waals surface area contributed by atoms with Crippen LogP contribution in [0.5, 0.6) is 11.5 Å². The standard InChI is InChI=1S/C25H23BrFN3O4/c1-2-33-22-13-18(15-28-30-23(31)14-17-8-10-19(27)11-9-17)12-21(26)25(22)34-16-24(32)29-20-6-4-3-5-7-20/h3-13,15H,2,14,16H2,1H3,(H,29,32)(H,30,31)/b28-15+. The SMILES string of the molecule is CCOc1cc(/C=N/NC(=O)Cc2ccc(F)cc2)cc(Br)c1OCC(=O)Nc1ccccc1. The normalized spacial score (nSPS) is 10.7. The highest BCUT2D eigenvalue weighted by atomic mass is 79.9. The van der Waals surface area contributed by atoms with Gasteiger partial charge in [0.1, 0.15) is 5.82 Å². The van der Waals surface area contributed by atoms with Crippen molar-refractivity contribution in [1.29, 1.82) is 0 Å². The van der Waals surface area contributed by atoms with E-state index in [4.69, 9.17) is 9.47 Å². The van der Waals surface area contributed by atoms with Gasteiger partial charge in [-0.05, 0) is 70.4 Å². The second-order valence-corrected chi connectivity index (χ2v) is 7.92. The minimum atomic E-state index is -0.359. The van der Waals surface area contributed by atoms with Gasteiger partial charge < -0.3 is 14.8 Å². The predicted octanol–water partition coefficient (Wildman–Crippen LogP) is 4.70. The minimum Gasteiger partial charge on any atom is -0.490 e. The summed E-state index contributed by atoms with van der Waals surface area (Å²) in [6.45, 7) is 2.00. The van der Waals surface area contributed by atoms with Crippen LogP contribution in [-0.4, -0.2) is 31.2 Å². The molecule has 0 saturated heterocycles. The van der Waals surface area contributed by atoms with Gasteiger partial charge in [-0.1, -0.05) is 30.3 Å². The van der Waals surface area contributed by atoms with Crippen molar-refractivity contribution >= 4 is 39.6 Å². The van der Waals surface area contributed by atoms with Crippen molar-refractivity contribution in [2.24, 2.45) is 5.10 Å². The lowest BCUT2D eigenvalue weighted by molar-refractivity contribution is -0.120. The summed E-state index contributed by atoms with van der Waals surface area (Å²) in [4.78, 5) is 24.3. The van der Waals surface area contributed by atoms with Crippen LogP contribution in [0.15, 0.2) is 76.3 Å². The summed E-state index contributed by atoms with van der Waals surface area (Å²) < 4.78 is 24.9. The first-order valence-electron chi connectivity index (χ1n) is 10.4. The molecule has 7 nitrogen and oxygen atoms in total. The third-order valence-corrected chi connectivity index (χ3v) is 5.01. The predicted molar refractivity (Wildman–Crippen MR) is 132 cm³/mol. The number of hydrogen-bond donors (Lipinski definition) is 2.